The lowest BCUT2D eigenvalue weighted by atomic mass is 9.90. The van der Waals surface area contributed by atoms with Crippen LogP contribution in [0.5, 0.6) is 0 Å². The van der Waals surface area contributed by atoms with Gasteiger partial charge in [-0.1, -0.05) is 6.07 Å². The first-order valence-electron chi connectivity index (χ1n) is 7.45. The number of nitrogens with zero attached hydrogens (tertiary/aromatic N) is 1. The molecule has 5 heteroatoms. The van der Waals surface area contributed by atoms with Crippen LogP contribution in [0.2, 0.25) is 0 Å². The number of aliphatic hydroxyl groups is 1. The van der Waals surface area contributed by atoms with Gasteiger partial charge in [-0.05, 0) is 43.3 Å². The third kappa shape index (κ3) is 3.74. The first kappa shape index (κ1) is 15.2. The lowest BCUT2D eigenvalue weighted by Crippen LogP contribution is -2.44. The summed E-state index contributed by atoms with van der Waals surface area (Å²) in [4.78, 5) is 3.81. The van der Waals surface area contributed by atoms with Crippen molar-refractivity contribution in [3.8, 4) is 0 Å². The van der Waals surface area contributed by atoms with Gasteiger partial charge in [-0.15, -0.1) is 11.3 Å². The molecule has 1 N–H and O–H groups in total. The van der Waals surface area contributed by atoms with Crippen molar-refractivity contribution in [1.82, 2.24) is 4.90 Å². The van der Waals surface area contributed by atoms with Crippen molar-refractivity contribution < 1.29 is 5.11 Å². The molecule has 3 heterocycles. The number of rotatable bonds is 3. The lowest BCUT2D eigenvalue weighted by Gasteiger charge is -2.38. The van der Waals surface area contributed by atoms with Gasteiger partial charge in [0.2, 0.25) is 0 Å². The van der Waals surface area contributed by atoms with Gasteiger partial charge in [0, 0.05) is 33.9 Å². The Morgan fingerprint density at radius 2 is 1.85 bits per heavy atom. The van der Waals surface area contributed by atoms with E-state index in [2.05, 4.69) is 39.9 Å². The first-order valence-corrected chi connectivity index (χ1v) is 10.6. The molecule has 0 aliphatic carbocycles. The van der Waals surface area contributed by atoms with E-state index in [9.17, 15) is 5.11 Å². The molecule has 2 fully saturated rings. The maximum absolute atomic E-state index is 10.5. The highest BCUT2D eigenvalue weighted by Crippen LogP contribution is 2.34. The van der Waals surface area contributed by atoms with Crippen molar-refractivity contribution >= 4 is 34.9 Å². The Morgan fingerprint density at radius 1 is 1.15 bits per heavy atom. The van der Waals surface area contributed by atoms with Crippen LogP contribution in [-0.4, -0.2) is 52.1 Å². The SMILES string of the molecule is OC(c1cccs1)C1CCN(C2CSCCSC2)CC1. The van der Waals surface area contributed by atoms with E-state index in [4.69, 9.17) is 0 Å². The Kier molecular flexibility index (Phi) is 5.74. The fourth-order valence-corrected chi connectivity index (χ4v) is 6.54. The molecular formula is C15H23NOS3. The van der Waals surface area contributed by atoms with Crippen molar-refractivity contribution in [1.29, 1.82) is 0 Å². The highest BCUT2D eigenvalue weighted by atomic mass is 32.2. The van der Waals surface area contributed by atoms with Crippen LogP contribution >= 0.6 is 34.9 Å². The molecule has 112 valence electrons. The smallest absolute Gasteiger partial charge is 0.0910 e. The summed E-state index contributed by atoms with van der Waals surface area (Å²) in [5.41, 5.74) is 0. The van der Waals surface area contributed by atoms with Crippen LogP contribution < -0.4 is 0 Å². The molecule has 0 amide bonds. The van der Waals surface area contributed by atoms with Crippen LogP contribution in [0.25, 0.3) is 0 Å². The minimum absolute atomic E-state index is 0.241. The van der Waals surface area contributed by atoms with E-state index in [0.717, 1.165) is 23.8 Å². The van der Waals surface area contributed by atoms with E-state index < -0.39 is 0 Å². The number of likely N-dealkylation sites (tertiary alicyclic amines) is 1. The van der Waals surface area contributed by atoms with E-state index in [1.54, 1.807) is 11.3 Å². The molecule has 0 saturated carbocycles. The summed E-state index contributed by atoms with van der Waals surface area (Å²) in [6.45, 7) is 2.33. The summed E-state index contributed by atoms with van der Waals surface area (Å²) < 4.78 is 0. The largest absolute Gasteiger partial charge is 0.387 e. The molecule has 1 unspecified atom stereocenters. The molecule has 0 spiro atoms. The zero-order chi connectivity index (χ0) is 13.8. The van der Waals surface area contributed by atoms with Crippen LogP contribution in [0.4, 0.5) is 0 Å². The van der Waals surface area contributed by atoms with Crippen LogP contribution in [0.1, 0.15) is 23.8 Å². The molecule has 3 rings (SSSR count). The van der Waals surface area contributed by atoms with Crippen molar-refractivity contribution in [2.45, 2.75) is 25.0 Å². The lowest BCUT2D eigenvalue weighted by molar-refractivity contribution is 0.0533. The topological polar surface area (TPSA) is 23.5 Å². The second-order valence-corrected chi connectivity index (χ2v) is 8.92. The molecule has 1 aromatic rings. The fraction of sp³-hybridized carbons (Fsp3) is 0.733. The third-order valence-corrected chi connectivity index (χ3v) is 7.79. The molecule has 2 aliphatic heterocycles. The van der Waals surface area contributed by atoms with E-state index in [1.807, 2.05) is 6.07 Å². The summed E-state index contributed by atoms with van der Waals surface area (Å²) in [6.07, 6.45) is 2.05. The molecule has 20 heavy (non-hydrogen) atoms. The van der Waals surface area contributed by atoms with Gasteiger partial charge < -0.3 is 5.11 Å². The Hall–Kier alpha value is 0.320. The zero-order valence-corrected chi connectivity index (χ0v) is 14.2. The highest BCUT2D eigenvalue weighted by molar-refractivity contribution is 8.03. The Bertz CT molecular complexity index is 382. The van der Waals surface area contributed by atoms with E-state index >= 15 is 0 Å². The minimum atomic E-state index is -0.241. The number of thioether (sulfide) groups is 2. The number of thiophene rings is 1. The molecule has 1 atom stereocenters. The summed E-state index contributed by atoms with van der Waals surface area (Å²) in [5.74, 6) is 5.68. The molecule has 0 radical (unpaired) electrons. The number of hydrogen-bond donors (Lipinski definition) is 1. The van der Waals surface area contributed by atoms with Gasteiger partial charge in [0.15, 0.2) is 0 Å². The monoisotopic (exact) mass is 329 g/mol. The fourth-order valence-electron chi connectivity index (χ4n) is 3.11. The summed E-state index contributed by atoms with van der Waals surface area (Å²) in [6, 6.07) is 4.87. The van der Waals surface area contributed by atoms with Gasteiger partial charge in [-0.3, -0.25) is 4.90 Å². The van der Waals surface area contributed by atoms with Crippen LogP contribution in [0, 0.1) is 5.92 Å². The molecule has 0 bridgehead atoms. The van der Waals surface area contributed by atoms with Gasteiger partial charge in [-0.2, -0.15) is 23.5 Å². The molecule has 2 nitrogen and oxygen atoms in total. The zero-order valence-electron chi connectivity index (χ0n) is 11.7. The predicted molar refractivity (Wildman–Crippen MR) is 92.0 cm³/mol. The van der Waals surface area contributed by atoms with Crippen LogP contribution in [0.3, 0.4) is 0 Å². The van der Waals surface area contributed by atoms with Gasteiger partial charge in [0.1, 0.15) is 0 Å². The Morgan fingerprint density at radius 3 is 2.45 bits per heavy atom. The second kappa shape index (κ2) is 7.54. The molecule has 0 aromatic carbocycles. The second-order valence-electron chi connectivity index (χ2n) is 5.64. The minimum Gasteiger partial charge on any atom is -0.387 e. The van der Waals surface area contributed by atoms with Crippen molar-refractivity contribution in [2.24, 2.45) is 5.92 Å². The maximum atomic E-state index is 10.5. The average Bonchev–Trinajstić information content (AvgIpc) is 2.89. The van der Waals surface area contributed by atoms with Gasteiger partial charge >= 0.3 is 0 Å². The Labute approximate surface area is 134 Å². The van der Waals surface area contributed by atoms with Crippen LogP contribution in [0.15, 0.2) is 17.5 Å². The standard InChI is InChI=1S/C15H23NOS3/c17-15(14-2-1-7-20-14)12-3-5-16(6-4-12)13-10-18-8-9-19-11-13/h1-2,7,12-13,15,17H,3-6,8-11H2. The maximum Gasteiger partial charge on any atom is 0.0910 e. The van der Waals surface area contributed by atoms with Gasteiger partial charge in [-0.25, -0.2) is 0 Å². The predicted octanol–water partition coefficient (Wildman–Crippen LogP) is 3.34. The average molecular weight is 330 g/mol. The normalized spacial score (nSPS) is 25.4. The Balaban J connectivity index is 1.51. The van der Waals surface area contributed by atoms with E-state index in [0.29, 0.717) is 5.92 Å². The molecular weight excluding hydrogens is 306 g/mol. The molecule has 2 aliphatic rings. The first-order chi connectivity index (χ1) is 9.84. The van der Waals surface area contributed by atoms with Gasteiger partial charge in [0.05, 0.1) is 6.10 Å². The quantitative estimate of drug-likeness (QED) is 0.919. The van der Waals surface area contributed by atoms with Gasteiger partial charge in [0.25, 0.3) is 0 Å². The van der Waals surface area contributed by atoms with E-state index in [1.165, 1.54) is 36.1 Å². The van der Waals surface area contributed by atoms with E-state index in [-0.39, 0.29) is 6.10 Å². The number of piperidine rings is 1. The highest BCUT2D eigenvalue weighted by Gasteiger charge is 2.30. The summed E-state index contributed by atoms with van der Waals surface area (Å²) >= 11 is 5.91. The van der Waals surface area contributed by atoms with Crippen LogP contribution in [-0.2, 0) is 0 Å². The number of aliphatic hydroxyl groups excluding tert-OH is 1. The summed E-state index contributed by atoms with van der Waals surface area (Å²) in [7, 11) is 0. The number of hydrogen-bond acceptors (Lipinski definition) is 5. The third-order valence-electron chi connectivity index (χ3n) is 4.36. The van der Waals surface area contributed by atoms with Crippen molar-refractivity contribution in [2.75, 3.05) is 36.1 Å². The van der Waals surface area contributed by atoms with Crippen molar-refractivity contribution in [3.05, 3.63) is 22.4 Å². The van der Waals surface area contributed by atoms with Crippen molar-refractivity contribution in [3.63, 3.8) is 0 Å². The molecule has 1 aromatic heterocycles. The summed E-state index contributed by atoms with van der Waals surface area (Å²) in [5, 5.41) is 12.5. The molecule has 2 saturated heterocycles.